The van der Waals surface area contributed by atoms with Crippen molar-refractivity contribution in [3.05, 3.63) is 107 Å². The van der Waals surface area contributed by atoms with E-state index in [-0.39, 0.29) is 5.91 Å². The summed E-state index contributed by atoms with van der Waals surface area (Å²) in [6, 6.07) is 27.0. The number of fused-ring (bicyclic) bond motifs is 1. The topological polar surface area (TPSA) is 25.2 Å². The summed E-state index contributed by atoms with van der Waals surface area (Å²) < 4.78 is 2.26. The van der Waals surface area contributed by atoms with Gasteiger partial charge < -0.3 is 9.47 Å². The molecule has 0 aliphatic heterocycles. The van der Waals surface area contributed by atoms with Crippen LogP contribution < -0.4 is 0 Å². The maximum absolute atomic E-state index is 13.7. The first-order valence-corrected chi connectivity index (χ1v) is 11.6. The van der Waals surface area contributed by atoms with Crippen molar-refractivity contribution in [1.29, 1.82) is 0 Å². The Labute approximate surface area is 191 Å². The molecular weight excluding hydrogens is 392 g/mol. The van der Waals surface area contributed by atoms with E-state index < -0.39 is 0 Å². The van der Waals surface area contributed by atoms with Crippen molar-refractivity contribution in [3.63, 3.8) is 0 Å². The smallest absolute Gasteiger partial charge is 0.254 e. The predicted octanol–water partition coefficient (Wildman–Crippen LogP) is 6.83. The molecule has 0 saturated carbocycles. The molecule has 0 aliphatic rings. The van der Waals surface area contributed by atoms with Gasteiger partial charge in [-0.15, -0.1) is 0 Å². The van der Waals surface area contributed by atoms with E-state index in [1.165, 1.54) is 11.1 Å². The van der Waals surface area contributed by atoms with E-state index in [0.717, 1.165) is 54.4 Å². The summed E-state index contributed by atoms with van der Waals surface area (Å²) in [6.45, 7) is 6.52. The van der Waals surface area contributed by atoms with E-state index in [1.54, 1.807) is 0 Å². The highest BCUT2D eigenvalue weighted by Crippen LogP contribution is 2.22. The van der Waals surface area contributed by atoms with Gasteiger partial charge in [0.1, 0.15) is 0 Å². The second-order valence-corrected chi connectivity index (χ2v) is 8.58. The second-order valence-electron chi connectivity index (χ2n) is 8.58. The normalized spacial score (nSPS) is 11.1. The molecule has 1 aromatic heterocycles. The van der Waals surface area contributed by atoms with Gasteiger partial charge in [0.05, 0.1) is 6.54 Å². The number of hydrogen-bond donors (Lipinski definition) is 0. The van der Waals surface area contributed by atoms with Gasteiger partial charge in [0.2, 0.25) is 0 Å². The van der Waals surface area contributed by atoms with Gasteiger partial charge in [0.15, 0.2) is 0 Å². The number of amides is 1. The van der Waals surface area contributed by atoms with Gasteiger partial charge >= 0.3 is 0 Å². The lowest BCUT2D eigenvalue weighted by molar-refractivity contribution is 0.0738. The van der Waals surface area contributed by atoms with Crippen LogP contribution in [0.25, 0.3) is 10.8 Å². The molecule has 32 heavy (non-hydrogen) atoms. The Morgan fingerprint density at radius 1 is 0.906 bits per heavy atom. The number of benzene rings is 3. The zero-order valence-corrected chi connectivity index (χ0v) is 19.1. The van der Waals surface area contributed by atoms with Crippen LogP contribution in [0, 0.1) is 6.92 Å². The van der Waals surface area contributed by atoms with Gasteiger partial charge in [-0.2, -0.15) is 0 Å². The minimum absolute atomic E-state index is 0.112. The molecule has 0 atom stereocenters. The first-order valence-electron chi connectivity index (χ1n) is 11.6. The first-order chi connectivity index (χ1) is 15.7. The molecule has 1 amide bonds. The van der Waals surface area contributed by atoms with Crippen LogP contribution in [0.1, 0.15) is 53.4 Å². The molecule has 0 unspecified atom stereocenters. The summed E-state index contributed by atoms with van der Waals surface area (Å²) in [5.74, 6) is 0.112. The van der Waals surface area contributed by atoms with Crippen LogP contribution in [-0.4, -0.2) is 21.9 Å². The number of aryl methyl sites for hydroxylation is 1. The highest BCUT2D eigenvalue weighted by atomic mass is 16.2. The van der Waals surface area contributed by atoms with Gasteiger partial charge in [-0.05, 0) is 47.9 Å². The molecule has 3 nitrogen and oxygen atoms in total. The number of nitrogens with zero attached hydrogens (tertiary/aromatic N) is 2. The quantitative estimate of drug-likeness (QED) is 0.270. The van der Waals surface area contributed by atoms with Crippen LogP contribution in [0.3, 0.4) is 0 Å². The number of hydrogen-bond acceptors (Lipinski definition) is 1. The third kappa shape index (κ3) is 5.11. The van der Waals surface area contributed by atoms with Crippen molar-refractivity contribution in [2.24, 2.45) is 0 Å². The van der Waals surface area contributed by atoms with Crippen molar-refractivity contribution < 1.29 is 4.79 Å². The Hall–Kier alpha value is -3.33. The molecule has 1 heterocycles. The van der Waals surface area contributed by atoms with Crippen molar-refractivity contribution in [1.82, 2.24) is 9.47 Å². The number of rotatable bonds is 9. The van der Waals surface area contributed by atoms with E-state index >= 15 is 0 Å². The third-order valence-corrected chi connectivity index (χ3v) is 6.05. The van der Waals surface area contributed by atoms with Crippen LogP contribution in [0.15, 0.2) is 85.1 Å². The molecule has 0 spiro atoms. The van der Waals surface area contributed by atoms with Crippen LogP contribution in [0.2, 0.25) is 0 Å². The molecule has 0 radical (unpaired) electrons. The highest BCUT2D eigenvalue weighted by molar-refractivity contribution is 6.07. The Morgan fingerprint density at radius 2 is 1.72 bits per heavy atom. The third-order valence-electron chi connectivity index (χ3n) is 6.05. The molecule has 0 fully saturated rings. The summed E-state index contributed by atoms with van der Waals surface area (Å²) in [6.07, 6.45) is 5.40. The van der Waals surface area contributed by atoms with E-state index in [2.05, 4.69) is 73.1 Å². The molecule has 3 aromatic carbocycles. The Balaban J connectivity index is 1.60. The van der Waals surface area contributed by atoms with E-state index in [4.69, 9.17) is 0 Å². The first kappa shape index (κ1) is 21.9. The number of carbonyl (C=O) groups excluding carboxylic acids is 1. The lowest BCUT2D eigenvalue weighted by atomic mass is 10.0. The average molecular weight is 425 g/mol. The molecule has 4 aromatic rings. The van der Waals surface area contributed by atoms with Crippen LogP contribution in [-0.2, 0) is 13.1 Å². The summed E-state index contributed by atoms with van der Waals surface area (Å²) in [5.41, 5.74) is 4.50. The standard InChI is InChI=1S/C29H32N2O/c1-3-4-7-18-31(29(32)28-17-9-14-25-13-5-6-16-27(25)28)22-26-15-10-19-30(26)21-24-12-8-11-23(2)20-24/h5-6,8-17,19-20H,3-4,7,18,21-22H2,1-2H3. The Kier molecular flexibility index (Phi) is 7.06. The number of aromatic nitrogens is 1. The van der Waals surface area contributed by atoms with Gasteiger partial charge in [0, 0.05) is 30.5 Å². The monoisotopic (exact) mass is 424 g/mol. The summed E-state index contributed by atoms with van der Waals surface area (Å²) in [4.78, 5) is 15.7. The zero-order valence-electron chi connectivity index (χ0n) is 19.1. The molecule has 0 bridgehead atoms. The SMILES string of the molecule is CCCCCN(Cc1cccn1Cc1cccc(C)c1)C(=O)c1cccc2ccccc12. The summed E-state index contributed by atoms with van der Waals surface area (Å²) >= 11 is 0. The fourth-order valence-electron chi connectivity index (χ4n) is 4.34. The molecule has 0 saturated heterocycles. The van der Waals surface area contributed by atoms with Crippen LogP contribution in [0.4, 0.5) is 0 Å². The lowest BCUT2D eigenvalue weighted by Crippen LogP contribution is -2.32. The second kappa shape index (κ2) is 10.3. The molecule has 3 heteroatoms. The lowest BCUT2D eigenvalue weighted by Gasteiger charge is -2.24. The fourth-order valence-corrected chi connectivity index (χ4v) is 4.34. The Bertz CT molecular complexity index is 1190. The van der Waals surface area contributed by atoms with Gasteiger partial charge in [-0.1, -0.05) is 86.0 Å². The average Bonchev–Trinajstić information content (AvgIpc) is 3.24. The van der Waals surface area contributed by atoms with E-state index in [1.807, 2.05) is 35.2 Å². The van der Waals surface area contributed by atoms with Crippen molar-refractivity contribution in [2.75, 3.05) is 6.54 Å². The predicted molar refractivity (Wildman–Crippen MR) is 133 cm³/mol. The summed E-state index contributed by atoms with van der Waals surface area (Å²) in [5, 5.41) is 2.13. The maximum Gasteiger partial charge on any atom is 0.254 e. The number of carbonyl (C=O) groups is 1. The fraction of sp³-hybridized carbons (Fsp3) is 0.276. The zero-order chi connectivity index (χ0) is 22.3. The minimum Gasteiger partial charge on any atom is -0.345 e. The highest BCUT2D eigenvalue weighted by Gasteiger charge is 2.19. The number of unbranched alkanes of at least 4 members (excludes halogenated alkanes) is 2. The summed E-state index contributed by atoms with van der Waals surface area (Å²) in [7, 11) is 0. The minimum atomic E-state index is 0.112. The molecule has 0 aliphatic carbocycles. The van der Waals surface area contributed by atoms with Gasteiger partial charge in [-0.25, -0.2) is 0 Å². The molecule has 0 N–H and O–H groups in total. The molecule has 4 rings (SSSR count). The van der Waals surface area contributed by atoms with E-state index in [0.29, 0.717) is 6.54 Å². The van der Waals surface area contributed by atoms with Crippen LogP contribution >= 0.6 is 0 Å². The van der Waals surface area contributed by atoms with E-state index in [9.17, 15) is 4.79 Å². The largest absolute Gasteiger partial charge is 0.345 e. The van der Waals surface area contributed by atoms with Crippen LogP contribution in [0.5, 0.6) is 0 Å². The molecule has 164 valence electrons. The van der Waals surface area contributed by atoms with Gasteiger partial charge in [0.25, 0.3) is 5.91 Å². The Morgan fingerprint density at radius 3 is 2.56 bits per heavy atom. The van der Waals surface area contributed by atoms with Crippen molar-refractivity contribution in [3.8, 4) is 0 Å². The maximum atomic E-state index is 13.7. The van der Waals surface area contributed by atoms with Crippen molar-refractivity contribution in [2.45, 2.75) is 46.2 Å². The van der Waals surface area contributed by atoms with Crippen molar-refractivity contribution >= 4 is 16.7 Å². The van der Waals surface area contributed by atoms with Gasteiger partial charge in [-0.3, -0.25) is 4.79 Å². The molecular formula is C29H32N2O.